The zero-order valence-electron chi connectivity index (χ0n) is 8.92. The summed E-state index contributed by atoms with van der Waals surface area (Å²) in [4.78, 5) is 3.18. The van der Waals surface area contributed by atoms with Crippen molar-refractivity contribution in [2.24, 2.45) is 0 Å². The number of allylic oxidation sites excluding steroid dienone is 4. The van der Waals surface area contributed by atoms with Crippen LogP contribution < -0.4 is 5.32 Å². The number of hydrogen-bond acceptors (Lipinski definition) is 4. The van der Waals surface area contributed by atoms with Gasteiger partial charge in [-0.1, -0.05) is 17.3 Å². The van der Waals surface area contributed by atoms with Crippen LogP contribution in [0.15, 0.2) is 53.6 Å². The Labute approximate surface area is 97.5 Å². The SMILES string of the molecule is C1=CC=C(c2[nH]ccc2-c2cnon2)NC=C1. The molecule has 5 nitrogen and oxygen atoms in total. The first-order chi connectivity index (χ1) is 8.45. The predicted octanol–water partition coefficient (Wildman–Crippen LogP) is 2.08. The number of aromatic nitrogens is 3. The Morgan fingerprint density at radius 3 is 3.06 bits per heavy atom. The fraction of sp³-hybridized carbons (Fsp3) is 0. The van der Waals surface area contributed by atoms with Gasteiger partial charge in [0.15, 0.2) is 0 Å². The van der Waals surface area contributed by atoms with Crippen LogP contribution in [0.3, 0.4) is 0 Å². The number of nitrogens with one attached hydrogen (secondary N) is 2. The first kappa shape index (κ1) is 9.65. The number of nitrogens with zero attached hydrogens (tertiary/aromatic N) is 2. The standard InChI is InChI=1S/C12H10N4O/c1-2-4-10(13-6-3-1)12-9(5-7-14-12)11-8-15-17-16-11/h1-8,13-14H. The van der Waals surface area contributed by atoms with Gasteiger partial charge in [0.2, 0.25) is 0 Å². The molecule has 1 aliphatic rings. The molecule has 0 spiro atoms. The van der Waals surface area contributed by atoms with Gasteiger partial charge >= 0.3 is 0 Å². The molecule has 5 heteroatoms. The van der Waals surface area contributed by atoms with Crippen LogP contribution in [0.2, 0.25) is 0 Å². The van der Waals surface area contributed by atoms with Crippen LogP contribution >= 0.6 is 0 Å². The molecule has 3 heterocycles. The summed E-state index contributed by atoms with van der Waals surface area (Å²) in [6.07, 6.45) is 13.2. The molecule has 0 radical (unpaired) electrons. The van der Waals surface area contributed by atoms with Crippen molar-refractivity contribution in [2.75, 3.05) is 0 Å². The number of rotatable bonds is 2. The van der Waals surface area contributed by atoms with E-state index in [1.807, 2.05) is 42.8 Å². The topological polar surface area (TPSA) is 66.7 Å². The Morgan fingerprint density at radius 1 is 1.18 bits per heavy atom. The molecule has 0 atom stereocenters. The van der Waals surface area contributed by atoms with E-state index in [4.69, 9.17) is 0 Å². The second kappa shape index (κ2) is 4.13. The molecule has 84 valence electrons. The maximum atomic E-state index is 4.62. The Bertz CT molecular complexity index is 590. The largest absolute Gasteiger partial charge is 0.360 e. The Hall–Kier alpha value is -2.56. The summed E-state index contributed by atoms with van der Waals surface area (Å²) < 4.78 is 4.62. The summed E-state index contributed by atoms with van der Waals surface area (Å²) in [5, 5.41) is 10.6. The molecule has 0 bridgehead atoms. The van der Waals surface area contributed by atoms with Crippen LogP contribution in [0.4, 0.5) is 0 Å². The Kier molecular flexibility index (Phi) is 2.34. The van der Waals surface area contributed by atoms with E-state index < -0.39 is 0 Å². The lowest BCUT2D eigenvalue weighted by molar-refractivity contribution is 0.308. The van der Waals surface area contributed by atoms with Gasteiger partial charge in [0.05, 0.1) is 17.6 Å². The van der Waals surface area contributed by atoms with Crippen LogP contribution in [0.5, 0.6) is 0 Å². The van der Waals surface area contributed by atoms with Gasteiger partial charge in [0, 0.05) is 18.0 Å². The van der Waals surface area contributed by atoms with Crippen molar-refractivity contribution in [3.8, 4) is 11.3 Å². The third-order valence-electron chi connectivity index (χ3n) is 2.47. The number of H-pyrrole nitrogens is 1. The molecule has 0 saturated heterocycles. The zero-order valence-corrected chi connectivity index (χ0v) is 8.92. The van der Waals surface area contributed by atoms with Crippen molar-refractivity contribution >= 4 is 5.70 Å². The van der Waals surface area contributed by atoms with Crippen LogP contribution in [0.1, 0.15) is 5.69 Å². The third-order valence-corrected chi connectivity index (χ3v) is 2.47. The number of hydrogen-bond donors (Lipinski definition) is 2. The van der Waals surface area contributed by atoms with Crippen molar-refractivity contribution in [3.05, 3.63) is 54.7 Å². The van der Waals surface area contributed by atoms with Gasteiger partial charge in [-0.25, -0.2) is 4.63 Å². The normalized spacial score (nSPS) is 14.2. The van der Waals surface area contributed by atoms with Crippen LogP contribution in [-0.4, -0.2) is 15.3 Å². The smallest absolute Gasteiger partial charge is 0.137 e. The molecule has 1 aliphatic heterocycles. The van der Waals surface area contributed by atoms with Gasteiger partial charge in [0.25, 0.3) is 0 Å². The average Bonchev–Trinajstić information content (AvgIpc) is 2.95. The third kappa shape index (κ3) is 1.78. The Morgan fingerprint density at radius 2 is 2.18 bits per heavy atom. The maximum Gasteiger partial charge on any atom is 0.137 e. The van der Waals surface area contributed by atoms with Crippen LogP contribution in [-0.2, 0) is 0 Å². The summed E-state index contributed by atoms with van der Waals surface area (Å²) in [5.41, 5.74) is 3.59. The first-order valence-electron chi connectivity index (χ1n) is 5.21. The lowest BCUT2D eigenvalue weighted by Crippen LogP contribution is -2.04. The van der Waals surface area contributed by atoms with Crippen molar-refractivity contribution in [3.63, 3.8) is 0 Å². The van der Waals surface area contributed by atoms with E-state index in [9.17, 15) is 0 Å². The van der Waals surface area contributed by atoms with Crippen molar-refractivity contribution < 1.29 is 4.63 Å². The highest BCUT2D eigenvalue weighted by Gasteiger charge is 2.12. The van der Waals surface area contributed by atoms with Gasteiger partial charge in [-0.3, -0.25) is 0 Å². The van der Waals surface area contributed by atoms with E-state index in [0.29, 0.717) is 5.69 Å². The van der Waals surface area contributed by atoms with E-state index in [1.54, 1.807) is 6.20 Å². The van der Waals surface area contributed by atoms with Gasteiger partial charge < -0.3 is 10.3 Å². The van der Waals surface area contributed by atoms with E-state index in [2.05, 4.69) is 25.2 Å². The summed E-state index contributed by atoms with van der Waals surface area (Å²) in [7, 11) is 0. The molecule has 0 aromatic carbocycles. The van der Waals surface area contributed by atoms with Gasteiger partial charge in [-0.15, -0.1) is 0 Å². The lowest BCUT2D eigenvalue weighted by Gasteiger charge is -2.05. The summed E-state index contributed by atoms with van der Waals surface area (Å²) >= 11 is 0. The molecule has 0 aliphatic carbocycles. The second-order valence-electron chi connectivity index (χ2n) is 3.53. The highest BCUT2D eigenvalue weighted by Crippen LogP contribution is 2.25. The van der Waals surface area contributed by atoms with Crippen molar-refractivity contribution in [1.82, 2.24) is 20.6 Å². The second-order valence-corrected chi connectivity index (χ2v) is 3.53. The lowest BCUT2D eigenvalue weighted by atomic mass is 10.1. The van der Waals surface area contributed by atoms with E-state index in [-0.39, 0.29) is 0 Å². The fourth-order valence-corrected chi connectivity index (χ4v) is 1.70. The van der Waals surface area contributed by atoms with Crippen LogP contribution in [0.25, 0.3) is 17.0 Å². The molecule has 0 fully saturated rings. The van der Waals surface area contributed by atoms with E-state index >= 15 is 0 Å². The van der Waals surface area contributed by atoms with Crippen molar-refractivity contribution in [2.45, 2.75) is 0 Å². The van der Waals surface area contributed by atoms with E-state index in [1.165, 1.54) is 0 Å². The predicted molar refractivity (Wildman–Crippen MR) is 63.5 cm³/mol. The highest BCUT2D eigenvalue weighted by molar-refractivity contribution is 5.78. The molecule has 3 rings (SSSR count). The summed E-state index contributed by atoms with van der Waals surface area (Å²) in [6.45, 7) is 0. The van der Waals surface area contributed by atoms with Gasteiger partial charge in [-0.2, -0.15) is 0 Å². The minimum absolute atomic E-state index is 0.709. The molecule has 2 aromatic heterocycles. The monoisotopic (exact) mass is 226 g/mol. The molecule has 2 N–H and O–H groups in total. The quantitative estimate of drug-likeness (QED) is 0.822. The highest BCUT2D eigenvalue weighted by atomic mass is 16.6. The average molecular weight is 226 g/mol. The minimum Gasteiger partial charge on any atom is -0.360 e. The zero-order chi connectivity index (χ0) is 11.5. The summed E-state index contributed by atoms with van der Waals surface area (Å²) in [6, 6.07) is 1.94. The van der Waals surface area contributed by atoms with Gasteiger partial charge in [0.1, 0.15) is 5.69 Å². The molecular weight excluding hydrogens is 216 g/mol. The molecule has 0 saturated carbocycles. The molecule has 2 aromatic rings. The van der Waals surface area contributed by atoms with Gasteiger partial charge in [-0.05, 0) is 23.4 Å². The molecular formula is C12H10N4O. The van der Waals surface area contributed by atoms with Crippen molar-refractivity contribution in [1.29, 1.82) is 0 Å². The summed E-state index contributed by atoms with van der Waals surface area (Å²) in [5.74, 6) is 0. The Balaban J connectivity index is 2.05. The number of aromatic amines is 1. The maximum absolute atomic E-state index is 4.62. The molecule has 0 unspecified atom stereocenters. The molecule has 17 heavy (non-hydrogen) atoms. The van der Waals surface area contributed by atoms with Crippen LogP contribution in [0, 0.1) is 0 Å². The first-order valence-corrected chi connectivity index (χ1v) is 5.21. The van der Waals surface area contributed by atoms with E-state index in [0.717, 1.165) is 17.0 Å². The minimum atomic E-state index is 0.709. The molecule has 0 amide bonds. The fourth-order valence-electron chi connectivity index (χ4n) is 1.70.